The highest BCUT2D eigenvalue weighted by Gasteiger charge is 2.35. The van der Waals surface area contributed by atoms with E-state index < -0.39 is 39.4 Å². The number of nitrogens with zero attached hydrogens (tertiary/aromatic N) is 3. The Bertz CT molecular complexity index is 1710. The Morgan fingerprint density at radius 3 is 2.37 bits per heavy atom. The summed E-state index contributed by atoms with van der Waals surface area (Å²) >= 11 is 0. The van der Waals surface area contributed by atoms with E-state index >= 15 is 4.39 Å². The van der Waals surface area contributed by atoms with Gasteiger partial charge in [-0.3, -0.25) is 4.72 Å². The summed E-state index contributed by atoms with van der Waals surface area (Å²) in [4.78, 5) is 17.4. The van der Waals surface area contributed by atoms with E-state index in [-0.39, 0.29) is 39.1 Å². The molecule has 0 aliphatic rings. The summed E-state index contributed by atoms with van der Waals surface area (Å²) in [6.07, 6.45) is -2.84. The molecule has 0 unspecified atom stereocenters. The lowest BCUT2D eigenvalue weighted by Gasteiger charge is -2.24. The van der Waals surface area contributed by atoms with Gasteiger partial charge in [0.2, 0.25) is 0 Å². The number of sulfonamides is 1. The quantitative estimate of drug-likeness (QED) is 0.265. The van der Waals surface area contributed by atoms with Gasteiger partial charge >= 0.3 is 12.2 Å². The van der Waals surface area contributed by atoms with E-state index in [1.54, 1.807) is 6.92 Å². The van der Waals surface area contributed by atoms with Crippen molar-refractivity contribution < 1.29 is 44.4 Å². The minimum Gasteiger partial charge on any atom is -0.495 e. The number of alkyl halides is 3. The average Bonchev–Trinajstić information content (AvgIpc) is 3.32. The SMILES string of the molecule is CNC(=O)N(c1ccc(S(=O)(=O)Nc2nocc2C)cn1)c1cc(F)c(-c2ccc(F)c(C(F)(F)F)c2)cc1OC. The van der Waals surface area contributed by atoms with Gasteiger partial charge < -0.3 is 14.6 Å². The Morgan fingerprint density at radius 2 is 1.80 bits per heavy atom. The minimum absolute atomic E-state index is 0.0372. The monoisotopic (exact) mass is 597 g/mol. The van der Waals surface area contributed by atoms with Crippen LogP contribution in [0.4, 0.5) is 44.1 Å². The van der Waals surface area contributed by atoms with Crippen molar-refractivity contribution in [3.05, 3.63) is 77.7 Å². The molecule has 0 fully saturated rings. The highest BCUT2D eigenvalue weighted by atomic mass is 32.2. The van der Waals surface area contributed by atoms with Crippen LogP contribution in [-0.2, 0) is 16.2 Å². The number of nitrogens with one attached hydrogen (secondary N) is 2. The summed E-state index contributed by atoms with van der Waals surface area (Å²) in [6.45, 7) is 1.57. The molecule has 2 aromatic heterocycles. The number of urea groups is 1. The topological polar surface area (TPSA) is 127 Å². The van der Waals surface area contributed by atoms with Gasteiger partial charge in [0.1, 0.15) is 34.4 Å². The van der Waals surface area contributed by atoms with Gasteiger partial charge in [-0.1, -0.05) is 11.2 Å². The number of aryl methyl sites for hydroxylation is 1. The van der Waals surface area contributed by atoms with E-state index in [9.17, 15) is 30.8 Å². The second kappa shape index (κ2) is 11.0. The zero-order valence-electron chi connectivity index (χ0n) is 21.4. The molecule has 0 saturated carbocycles. The number of rotatable bonds is 7. The van der Waals surface area contributed by atoms with Crippen LogP contribution in [0.15, 0.2) is 64.3 Å². The predicted octanol–water partition coefficient (Wildman–Crippen LogP) is 5.63. The fraction of sp³-hybridized carbons (Fsp3) is 0.160. The lowest BCUT2D eigenvalue weighted by atomic mass is 10.0. The Kier molecular flexibility index (Phi) is 7.87. The molecule has 0 atom stereocenters. The third-order valence-corrected chi connectivity index (χ3v) is 7.07. The number of methoxy groups -OCH3 is 1. The van der Waals surface area contributed by atoms with Crippen molar-refractivity contribution in [3.63, 3.8) is 0 Å². The van der Waals surface area contributed by atoms with Crippen molar-refractivity contribution in [2.45, 2.75) is 18.0 Å². The van der Waals surface area contributed by atoms with Crippen molar-refractivity contribution in [2.75, 3.05) is 23.8 Å². The van der Waals surface area contributed by atoms with Crippen molar-refractivity contribution in [3.8, 4) is 16.9 Å². The highest BCUT2D eigenvalue weighted by molar-refractivity contribution is 7.92. The predicted molar refractivity (Wildman–Crippen MR) is 136 cm³/mol. The van der Waals surface area contributed by atoms with Gasteiger partial charge in [-0.25, -0.2) is 31.9 Å². The number of aromatic nitrogens is 2. The smallest absolute Gasteiger partial charge is 0.419 e. The molecule has 0 radical (unpaired) electrons. The molecule has 0 aliphatic heterocycles. The minimum atomic E-state index is -5.02. The fourth-order valence-corrected chi connectivity index (χ4v) is 4.71. The first kappa shape index (κ1) is 29.3. The molecule has 2 amide bonds. The number of hydrogen-bond acceptors (Lipinski definition) is 7. The second-order valence-electron chi connectivity index (χ2n) is 8.39. The Balaban J connectivity index is 1.76. The largest absolute Gasteiger partial charge is 0.495 e. The maximum absolute atomic E-state index is 15.3. The van der Waals surface area contributed by atoms with Crippen LogP contribution in [0, 0.1) is 18.6 Å². The van der Waals surface area contributed by atoms with Crippen LogP contribution >= 0.6 is 0 Å². The van der Waals surface area contributed by atoms with Crippen LogP contribution in [0.3, 0.4) is 0 Å². The van der Waals surface area contributed by atoms with Gasteiger partial charge in [-0.2, -0.15) is 13.2 Å². The lowest BCUT2D eigenvalue weighted by molar-refractivity contribution is -0.139. The van der Waals surface area contributed by atoms with E-state index in [1.165, 1.54) is 26.5 Å². The summed E-state index contributed by atoms with van der Waals surface area (Å²) in [7, 11) is -1.71. The molecule has 2 heterocycles. The first-order valence-electron chi connectivity index (χ1n) is 11.4. The number of pyridine rings is 1. The molecule has 0 bridgehead atoms. The molecular formula is C25H20F5N5O5S. The van der Waals surface area contributed by atoms with E-state index in [0.29, 0.717) is 17.7 Å². The van der Waals surface area contributed by atoms with Crippen molar-refractivity contribution in [2.24, 2.45) is 0 Å². The third kappa shape index (κ3) is 5.91. The average molecular weight is 598 g/mol. The first-order chi connectivity index (χ1) is 19.3. The number of amides is 2. The van der Waals surface area contributed by atoms with E-state index in [2.05, 4.69) is 20.2 Å². The zero-order valence-corrected chi connectivity index (χ0v) is 22.2. The van der Waals surface area contributed by atoms with Crippen LogP contribution in [0.1, 0.15) is 11.1 Å². The van der Waals surface area contributed by atoms with E-state index in [4.69, 9.17) is 9.26 Å². The molecule has 216 valence electrons. The molecular weight excluding hydrogens is 577 g/mol. The molecule has 2 N–H and O–H groups in total. The lowest BCUT2D eigenvalue weighted by Crippen LogP contribution is -2.35. The van der Waals surface area contributed by atoms with Crippen LogP contribution < -0.4 is 19.7 Å². The molecule has 16 heteroatoms. The fourth-order valence-electron chi connectivity index (χ4n) is 3.70. The standard InChI is InChI=1S/C25H20F5N5O5S/c1-13-12-40-33-23(13)34-41(37,38)15-5-7-22(32-11-15)35(24(36)31-2)20-10-19(27)16(9-21(20)39-3)14-4-6-18(26)17(8-14)25(28,29)30/h4-12H,1-3H3,(H,31,36)(H,33,34). The molecule has 41 heavy (non-hydrogen) atoms. The zero-order chi connectivity index (χ0) is 30.1. The molecule has 0 spiro atoms. The second-order valence-corrected chi connectivity index (χ2v) is 10.1. The van der Waals surface area contributed by atoms with Gasteiger partial charge in [-0.15, -0.1) is 0 Å². The van der Waals surface area contributed by atoms with Crippen LogP contribution in [0.2, 0.25) is 0 Å². The molecule has 0 saturated heterocycles. The van der Waals surface area contributed by atoms with Crippen LogP contribution in [-0.4, -0.2) is 38.7 Å². The van der Waals surface area contributed by atoms with Gasteiger partial charge in [0, 0.05) is 30.4 Å². The number of carbonyl (C=O) groups excluding carboxylic acids is 1. The van der Waals surface area contributed by atoms with Gasteiger partial charge in [0.25, 0.3) is 10.0 Å². The Labute approximate surface area is 229 Å². The summed E-state index contributed by atoms with van der Waals surface area (Å²) in [5, 5.41) is 5.90. The van der Waals surface area contributed by atoms with Gasteiger partial charge in [-0.05, 0) is 42.8 Å². The molecule has 10 nitrogen and oxygen atoms in total. The van der Waals surface area contributed by atoms with E-state index in [0.717, 1.165) is 35.4 Å². The highest BCUT2D eigenvalue weighted by Crippen LogP contribution is 2.40. The summed E-state index contributed by atoms with van der Waals surface area (Å²) in [5.41, 5.74) is -2.04. The van der Waals surface area contributed by atoms with Gasteiger partial charge in [0.15, 0.2) is 5.82 Å². The Hall–Kier alpha value is -4.73. The van der Waals surface area contributed by atoms with Crippen molar-refractivity contribution in [1.82, 2.24) is 15.5 Å². The molecule has 2 aromatic carbocycles. The molecule has 4 rings (SSSR count). The van der Waals surface area contributed by atoms with Crippen LogP contribution in [0.25, 0.3) is 11.1 Å². The summed E-state index contributed by atoms with van der Waals surface area (Å²) in [6, 6.07) is 5.30. The maximum atomic E-state index is 15.3. The first-order valence-corrected chi connectivity index (χ1v) is 12.9. The number of halogens is 5. The van der Waals surface area contributed by atoms with E-state index in [1.807, 2.05) is 0 Å². The molecule has 4 aromatic rings. The van der Waals surface area contributed by atoms with Gasteiger partial charge in [0.05, 0.1) is 18.4 Å². The maximum Gasteiger partial charge on any atom is 0.419 e. The number of hydrogen-bond donors (Lipinski definition) is 2. The van der Waals surface area contributed by atoms with Crippen LogP contribution in [0.5, 0.6) is 5.75 Å². The normalized spacial score (nSPS) is 11.7. The Morgan fingerprint density at radius 1 is 1.07 bits per heavy atom. The molecule has 0 aliphatic carbocycles. The third-order valence-electron chi connectivity index (χ3n) is 5.75. The van der Waals surface area contributed by atoms with Crippen molar-refractivity contribution >= 4 is 33.4 Å². The number of carbonyl (C=O) groups is 1. The van der Waals surface area contributed by atoms with Crippen molar-refractivity contribution in [1.29, 1.82) is 0 Å². The number of anilines is 3. The number of benzene rings is 2. The number of ether oxygens (including phenoxy) is 1. The summed E-state index contributed by atoms with van der Waals surface area (Å²) < 4.78 is 106. The summed E-state index contributed by atoms with van der Waals surface area (Å²) in [5.74, 6) is -2.96.